The number of hydrogen-bond donors (Lipinski definition) is 2. The molecule has 24 heavy (non-hydrogen) atoms. The summed E-state index contributed by atoms with van der Waals surface area (Å²) in [5, 5.41) is 11.5. The van der Waals surface area contributed by atoms with Crippen LogP contribution in [-0.4, -0.2) is 29.7 Å². The van der Waals surface area contributed by atoms with Gasteiger partial charge >= 0.3 is 5.97 Å². The third-order valence-electron chi connectivity index (χ3n) is 3.67. The molecule has 0 spiro atoms. The van der Waals surface area contributed by atoms with Gasteiger partial charge in [-0.05, 0) is 29.3 Å². The van der Waals surface area contributed by atoms with Crippen molar-refractivity contribution < 1.29 is 24.2 Å². The molecule has 1 atom stereocenters. The Bertz CT molecular complexity index is 734. The molecule has 6 heteroatoms. The van der Waals surface area contributed by atoms with E-state index in [1.807, 2.05) is 30.3 Å². The van der Waals surface area contributed by atoms with E-state index in [9.17, 15) is 9.59 Å². The van der Waals surface area contributed by atoms with Crippen LogP contribution in [0.15, 0.2) is 48.5 Å². The van der Waals surface area contributed by atoms with Gasteiger partial charge in [0.1, 0.15) is 11.5 Å². The van der Waals surface area contributed by atoms with Crippen LogP contribution in [0.2, 0.25) is 0 Å². The van der Waals surface area contributed by atoms with Crippen LogP contribution in [0.5, 0.6) is 11.5 Å². The quantitative estimate of drug-likeness (QED) is 0.845. The van der Waals surface area contributed by atoms with Gasteiger partial charge in [-0.15, -0.1) is 0 Å². The van der Waals surface area contributed by atoms with Gasteiger partial charge in [-0.1, -0.05) is 30.3 Å². The van der Waals surface area contributed by atoms with E-state index in [0.29, 0.717) is 18.7 Å². The van der Waals surface area contributed by atoms with E-state index < -0.39 is 18.7 Å². The molecule has 0 saturated heterocycles. The van der Waals surface area contributed by atoms with Crippen LogP contribution in [0.1, 0.15) is 11.1 Å². The number of para-hydroxylation sites is 1. The fourth-order valence-electron chi connectivity index (χ4n) is 2.52. The lowest BCUT2D eigenvalue weighted by atomic mass is 10.1. The first kappa shape index (κ1) is 15.9. The Labute approximate surface area is 139 Å². The van der Waals surface area contributed by atoms with E-state index >= 15 is 0 Å². The van der Waals surface area contributed by atoms with Crippen molar-refractivity contribution in [3.05, 3.63) is 59.7 Å². The van der Waals surface area contributed by atoms with E-state index in [2.05, 4.69) is 5.32 Å². The number of carbonyl (C=O) groups excluding carboxylic acids is 1. The summed E-state index contributed by atoms with van der Waals surface area (Å²) in [5.74, 6) is -0.00917. The molecule has 0 radical (unpaired) electrons. The molecule has 0 fully saturated rings. The summed E-state index contributed by atoms with van der Waals surface area (Å²) < 4.78 is 10.8. The number of hydrogen-bond acceptors (Lipinski definition) is 4. The molecular weight excluding hydrogens is 310 g/mol. The van der Waals surface area contributed by atoms with Crippen LogP contribution in [-0.2, 0) is 22.6 Å². The molecule has 1 amide bonds. The maximum absolute atomic E-state index is 12.2. The Morgan fingerprint density at radius 2 is 2.04 bits per heavy atom. The Morgan fingerprint density at radius 1 is 1.21 bits per heavy atom. The van der Waals surface area contributed by atoms with E-state index in [-0.39, 0.29) is 5.91 Å². The molecular formula is C18H17NO5. The number of aliphatic carboxylic acids is 1. The van der Waals surface area contributed by atoms with Crippen LogP contribution in [0.4, 0.5) is 0 Å². The molecule has 1 heterocycles. The molecule has 2 aromatic rings. The summed E-state index contributed by atoms with van der Waals surface area (Å²) in [5.41, 5.74) is 1.85. The maximum atomic E-state index is 12.2. The van der Waals surface area contributed by atoms with Gasteiger partial charge in [-0.2, -0.15) is 0 Å². The van der Waals surface area contributed by atoms with Gasteiger partial charge in [0.15, 0.2) is 12.7 Å². The molecule has 0 saturated carbocycles. The first-order valence-electron chi connectivity index (χ1n) is 7.57. The highest BCUT2D eigenvalue weighted by atomic mass is 16.5. The highest BCUT2D eigenvalue weighted by Crippen LogP contribution is 2.28. The minimum atomic E-state index is -1.04. The number of nitrogens with one attached hydrogen (secondary N) is 1. The topological polar surface area (TPSA) is 84.9 Å². The van der Waals surface area contributed by atoms with Gasteiger partial charge in [-0.25, -0.2) is 4.79 Å². The van der Waals surface area contributed by atoms with Gasteiger partial charge < -0.3 is 19.9 Å². The summed E-state index contributed by atoms with van der Waals surface area (Å²) in [6, 6.07) is 14.6. The second kappa shape index (κ2) is 7.04. The zero-order valence-electron chi connectivity index (χ0n) is 12.9. The summed E-state index contributed by atoms with van der Waals surface area (Å²) in [7, 11) is 0. The molecule has 2 N–H and O–H groups in total. The maximum Gasteiger partial charge on any atom is 0.341 e. The van der Waals surface area contributed by atoms with Crippen molar-refractivity contribution in [3.8, 4) is 11.5 Å². The largest absolute Gasteiger partial charge is 0.482 e. The van der Waals surface area contributed by atoms with Crippen LogP contribution < -0.4 is 14.8 Å². The second-order valence-electron chi connectivity index (χ2n) is 5.47. The van der Waals surface area contributed by atoms with E-state index in [4.69, 9.17) is 14.6 Å². The van der Waals surface area contributed by atoms with Crippen LogP contribution in [0.3, 0.4) is 0 Å². The lowest BCUT2D eigenvalue weighted by molar-refractivity contribution is -0.139. The summed E-state index contributed by atoms with van der Waals surface area (Å²) in [4.78, 5) is 22.8. The number of rotatable bonds is 6. The van der Waals surface area contributed by atoms with E-state index in [1.165, 1.54) is 0 Å². The molecule has 1 unspecified atom stereocenters. The Balaban J connectivity index is 1.54. The molecule has 1 aliphatic heterocycles. The molecule has 0 aliphatic carbocycles. The fraction of sp³-hybridized carbons (Fsp3) is 0.222. The van der Waals surface area contributed by atoms with Crippen molar-refractivity contribution >= 4 is 11.9 Å². The van der Waals surface area contributed by atoms with Crippen molar-refractivity contribution in [3.63, 3.8) is 0 Å². The lowest BCUT2D eigenvalue weighted by Crippen LogP contribution is -2.37. The molecule has 3 rings (SSSR count). The van der Waals surface area contributed by atoms with Gasteiger partial charge in [0.05, 0.1) is 0 Å². The third-order valence-corrected chi connectivity index (χ3v) is 3.67. The zero-order valence-corrected chi connectivity index (χ0v) is 12.9. The molecule has 2 aromatic carbocycles. The summed E-state index contributed by atoms with van der Waals surface area (Å²) >= 11 is 0. The zero-order chi connectivity index (χ0) is 16.9. The average Bonchev–Trinajstić information content (AvgIpc) is 3.02. The second-order valence-corrected chi connectivity index (χ2v) is 5.47. The number of benzene rings is 2. The minimum absolute atomic E-state index is 0.178. The number of carboxylic acids is 1. The highest BCUT2D eigenvalue weighted by Gasteiger charge is 2.28. The molecule has 0 aromatic heterocycles. The van der Waals surface area contributed by atoms with Crippen molar-refractivity contribution in [2.75, 3.05) is 6.61 Å². The van der Waals surface area contributed by atoms with Gasteiger partial charge in [-0.3, -0.25) is 4.79 Å². The van der Waals surface area contributed by atoms with Crippen LogP contribution in [0, 0.1) is 0 Å². The van der Waals surface area contributed by atoms with Crippen molar-refractivity contribution in [2.24, 2.45) is 0 Å². The average molecular weight is 327 g/mol. The number of ether oxygens (including phenoxy) is 2. The van der Waals surface area contributed by atoms with Crippen molar-refractivity contribution in [1.29, 1.82) is 0 Å². The smallest absolute Gasteiger partial charge is 0.341 e. The van der Waals surface area contributed by atoms with Gasteiger partial charge in [0.25, 0.3) is 5.91 Å². The number of fused-ring (bicyclic) bond motifs is 1. The number of carboxylic acid groups (broad SMARTS) is 1. The molecule has 124 valence electrons. The van der Waals surface area contributed by atoms with Gasteiger partial charge in [0.2, 0.25) is 0 Å². The van der Waals surface area contributed by atoms with Crippen molar-refractivity contribution in [2.45, 2.75) is 19.1 Å². The first-order valence-corrected chi connectivity index (χ1v) is 7.57. The van der Waals surface area contributed by atoms with E-state index in [0.717, 1.165) is 16.9 Å². The Kier molecular flexibility index (Phi) is 4.65. The predicted octanol–water partition coefficient (Wildman–Crippen LogP) is 1.77. The van der Waals surface area contributed by atoms with Crippen LogP contribution >= 0.6 is 0 Å². The molecule has 1 aliphatic rings. The Morgan fingerprint density at radius 3 is 2.83 bits per heavy atom. The van der Waals surface area contributed by atoms with Gasteiger partial charge in [0, 0.05) is 13.0 Å². The molecule has 0 bridgehead atoms. The SMILES string of the molecule is O=C(O)COc1cccc(CNC(=O)C2Cc3ccccc3O2)c1. The first-order chi connectivity index (χ1) is 11.6. The fourth-order valence-corrected chi connectivity index (χ4v) is 2.52. The Hall–Kier alpha value is -3.02. The lowest BCUT2D eigenvalue weighted by Gasteiger charge is -2.12. The van der Waals surface area contributed by atoms with Crippen LogP contribution in [0.25, 0.3) is 0 Å². The van der Waals surface area contributed by atoms with E-state index in [1.54, 1.807) is 18.2 Å². The third kappa shape index (κ3) is 3.84. The summed E-state index contributed by atoms with van der Waals surface area (Å²) in [6.07, 6.45) is 0.0397. The monoisotopic (exact) mass is 327 g/mol. The van der Waals surface area contributed by atoms with Crippen molar-refractivity contribution in [1.82, 2.24) is 5.32 Å². The highest BCUT2D eigenvalue weighted by molar-refractivity contribution is 5.82. The predicted molar refractivity (Wildman–Crippen MR) is 86.0 cm³/mol. The molecule has 6 nitrogen and oxygen atoms in total. The number of carbonyl (C=O) groups is 2. The standard InChI is InChI=1S/C18H17NO5/c20-17(21)11-23-14-6-3-4-12(8-14)10-19-18(22)16-9-13-5-1-2-7-15(13)24-16/h1-8,16H,9-11H2,(H,19,22)(H,20,21). The number of amides is 1. The minimum Gasteiger partial charge on any atom is -0.482 e. The normalized spacial score (nSPS) is 15.2. The summed E-state index contributed by atoms with van der Waals surface area (Å²) in [6.45, 7) is -0.0801.